The third kappa shape index (κ3) is 3.73. The molecule has 0 heterocycles. The van der Waals surface area contributed by atoms with E-state index in [1.807, 2.05) is 0 Å². The minimum atomic E-state index is 0.684. The van der Waals surface area contributed by atoms with Crippen molar-refractivity contribution in [3.8, 4) is 0 Å². The lowest BCUT2D eigenvalue weighted by Crippen LogP contribution is -2.43. The monoisotopic (exact) mass is 260 g/mol. The molecule has 1 aliphatic rings. The molecule has 2 rings (SSSR count). The van der Waals surface area contributed by atoms with Crippen LogP contribution in [0.25, 0.3) is 0 Å². The fourth-order valence-corrected chi connectivity index (χ4v) is 3.40. The Labute approximate surface area is 118 Å². The van der Waals surface area contributed by atoms with Gasteiger partial charge in [0.25, 0.3) is 0 Å². The SMILES string of the molecule is CNC1CCC(C)CC1CN(C)c1cccc(C)c1. The minimum absolute atomic E-state index is 0.684. The summed E-state index contributed by atoms with van der Waals surface area (Å²) in [7, 11) is 4.33. The predicted molar refractivity (Wildman–Crippen MR) is 83.8 cm³/mol. The highest BCUT2D eigenvalue weighted by Gasteiger charge is 2.28. The largest absolute Gasteiger partial charge is 0.374 e. The summed E-state index contributed by atoms with van der Waals surface area (Å²) in [5.41, 5.74) is 2.68. The molecular formula is C17H28N2. The van der Waals surface area contributed by atoms with E-state index in [0.717, 1.165) is 18.4 Å². The Morgan fingerprint density at radius 1 is 1.32 bits per heavy atom. The Morgan fingerprint density at radius 3 is 2.79 bits per heavy atom. The molecule has 0 aromatic heterocycles. The second-order valence-electron chi connectivity index (χ2n) is 6.29. The van der Waals surface area contributed by atoms with Crippen LogP contribution in [-0.4, -0.2) is 26.7 Å². The molecule has 0 spiro atoms. The summed E-state index contributed by atoms with van der Waals surface area (Å²) < 4.78 is 0. The van der Waals surface area contributed by atoms with Crippen molar-refractivity contribution in [2.24, 2.45) is 11.8 Å². The van der Waals surface area contributed by atoms with Crippen LogP contribution in [0.3, 0.4) is 0 Å². The molecule has 1 aromatic carbocycles. The van der Waals surface area contributed by atoms with Crippen molar-refractivity contribution < 1.29 is 0 Å². The second kappa shape index (κ2) is 6.42. The first kappa shape index (κ1) is 14.4. The highest BCUT2D eigenvalue weighted by atomic mass is 15.1. The normalized spacial score (nSPS) is 27.3. The summed E-state index contributed by atoms with van der Waals surface area (Å²) in [4.78, 5) is 2.42. The van der Waals surface area contributed by atoms with Gasteiger partial charge in [-0.05, 0) is 62.8 Å². The highest BCUT2D eigenvalue weighted by Crippen LogP contribution is 2.30. The van der Waals surface area contributed by atoms with Crippen molar-refractivity contribution in [1.82, 2.24) is 5.32 Å². The number of hydrogen-bond acceptors (Lipinski definition) is 2. The van der Waals surface area contributed by atoms with Gasteiger partial charge in [-0.2, -0.15) is 0 Å². The van der Waals surface area contributed by atoms with Crippen molar-refractivity contribution >= 4 is 5.69 Å². The second-order valence-corrected chi connectivity index (χ2v) is 6.29. The van der Waals surface area contributed by atoms with E-state index in [9.17, 15) is 0 Å². The van der Waals surface area contributed by atoms with Gasteiger partial charge in [0.1, 0.15) is 0 Å². The molecule has 2 heteroatoms. The molecule has 1 N–H and O–H groups in total. The molecule has 3 unspecified atom stereocenters. The average Bonchev–Trinajstić information content (AvgIpc) is 2.39. The fraction of sp³-hybridized carbons (Fsp3) is 0.647. The Hall–Kier alpha value is -1.02. The van der Waals surface area contributed by atoms with Gasteiger partial charge in [-0.3, -0.25) is 0 Å². The molecule has 0 amide bonds. The standard InChI is InChI=1S/C17H28N2/c1-13-6-5-7-16(11-13)19(4)12-15-10-14(2)8-9-17(15)18-3/h5-7,11,14-15,17-18H,8-10,12H2,1-4H3. The van der Waals surface area contributed by atoms with E-state index >= 15 is 0 Å². The first-order valence-corrected chi connectivity index (χ1v) is 7.55. The minimum Gasteiger partial charge on any atom is -0.374 e. The molecule has 0 bridgehead atoms. The van der Waals surface area contributed by atoms with E-state index in [2.05, 4.69) is 62.4 Å². The maximum atomic E-state index is 3.52. The van der Waals surface area contributed by atoms with Crippen molar-refractivity contribution in [1.29, 1.82) is 0 Å². The Morgan fingerprint density at radius 2 is 2.11 bits per heavy atom. The highest BCUT2D eigenvalue weighted by molar-refractivity contribution is 5.47. The number of aryl methyl sites for hydroxylation is 1. The third-order valence-electron chi connectivity index (χ3n) is 4.57. The number of nitrogens with zero attached hydrogens (tertiary/aromatic N) is 1. The summed E-state index contributed by atoms with van der Waals surface area (Å²) in [5.74, 6) is 1.64. The summed E-state index contributed by atoms with van der Waals surface area (Å²) >= 11 is 0. The first-order chi connectivity index (χ1) is 9.10. The Bertz CT molecular complexity index is 402. The molecule has 0 saturated heterocycles. The zero-order valence-electron chi connectivity index (χ0n) is 12.8. The molecule has 2 nitrogen and oxygen atoms in total. The molecule has 1 aliphatic carbocycles. The molecule has 1 saturated carbocycles. The van der Waals surface area contributed by atoms with E-state index in [-0.39, 0.29) is 0 Å². The number of rotatable bonds is 4. The molecular weight excluding hydrogens is 232 g/mol. The number of benzene rings is 1. The molecule has 0 aliphatic heterocycles. The van der Waals surface area contributed by atoms with E-state index in [4.69, 9.17) is 0 Å². The quantitative estimate of drug-likeness (QED) is 0.892. The third-order valence-corrected chi connectivity index (χ3v) is 4.57. The lowest BCUT2D eigenvalue weighted by atomic mass is 9.78. The van der Waals surface area contributed by atoms with Crippen molar-refractivity contribution in [3.63, 3.8) is 0 Å². The summed E-state index contributed by atoms with van der Waals surface area (Å²) in [6.07, 6.45) is 4.04. The van der Waals surface area contributed by atoms with Gasteiger partial charge in [0.2, 0.25) is 0 Å². The van der Waals surface area contributed by atoms with E-state index < -0.39 is 0 Å². The number of anilines is 1. The van der Waals surface area contributed by atoms with Crippen LogP contribution in [0.1, 0.15) is 31.7 Å². The summed E-state index contributed by atoms with van der Waals surface area (Å²) in [5, 5.41) is 3.52. The Kier molecular flexibility index (Phi) is 4.87. The van der Waals surface area contributed by atoms with E-state index in [1.165, 1.54) is 30.5 Å². The van der Waals surface area contributed by atoms with Crippen molar-refractivity contribution in [2.75, 3.05) is 25.5 Å². The van der Waals surface area contributed by atoms with E-state index in [1.54, 1.807) is 0 Å². The number of hydrogen-bond donors (Lipinski definition) is 1. The average molecular weight is 260 g/mol. The smallest absolute Gasteiger partial charge is 0.0366 e. The molecule has 19 heavy (non-hydrogen) atoms. The van der Waals surface area contributed by atoms with E-state index in [0.29, 0.717) is 6.04 Å². The van der Waals surface area contributed by atoms with Gasteiger partial charge in [-0.25, -0.2) is 0 Å². The zero-order valence-corrected chi connectivity index (χ0v) is 12.8. The van der Waals surface area contributed by atoms with Gasteiger partial charge >= 0.3 is 0 Å². The van der Waals surface area contributed by atoms with Gasteiger partial charge in [0, 0.05) is 25.3 Å². The van der Waals surface area contributed by atoms with Gasteiger partial charge in [-0.1, -0.05) is 19.1 Å². The van der Waals surface area contributed by atoms with Crippen LogP contribution in [0, 0.1) is 18.8 Å². The van der Waals surface area contributed by atoms with Gasteiger partial charge in [0.05, 0.1) is 0 Å². The molecule has 1 aromatic rings. The number of nitrogens with one attached hydrogen (secondary N) is 1. The van der Waals surface area contributed by atoms with Crippen LogP contribution >= 0.6 is 0 Å². The lowest BCUT2D eigenvalue weighted by Gasteiger charge is -2.37. The molecule has 1 fully saturated rings. The van der Waals surface area contributed by atoms with Crippen LogP contribution in [0.4, 0.5) is 5.69 Å². The molecule has 106 valence electrons. The van der Waals surface area contributed by atoms with Crippen molar-refractivity contribution in [2.45, 2.75) is 39.2 Å². The molecule has 0 radical (unpaired) electrons. The van der Waals surface area contributed by atoms with Crippen LogP contribution < -0.4 is 10.2 Å². The van der Waals surface area contributed by atoms with Crippen LogP contribution in [0.15, 0.2) is 24.3 Å². The van der Waals surface area contributed by atoms with Gasteiger partial charge in [-0.15, -0.1) is 0 Å². The van der Waals surface area contributed by atoms with Crippen LogP contribution in [0.5, 0.6) is 0 Å². The lowest BCUT2D eigenvalue weighted by molar-refractivity contribution is 0.225. The van der Waals surface area contributed by atoms with Crippen molar-refractivity contribution in [3.05, 3.63) is 29.8 Å². The van der Waals surface area contributed by atoms with Gasteiger partial charge < -0.3 is 10.2 Å². The summed E-state index contributed by atoms with van der Waals surface area (Å²) in [6, 6.07) is 9.49. The maximum Gasteiger partial charge on any atom is 0.0366 e. The van der Waals surface area contributed by atoms with Crippen LogP contribution in [0.2, 0.25) is 0 Å². The molecule has 3 atom stereocenters. The zero-order chi connectivity index (χ0) is 13.8. The fourth-order valence-electron chi connectivity index (χ4n) is 3.40. The first-order valence-electron chi connectivity index (χ1n) is 7.55. The van der Waals surface area contributed by atoms with Crippen LogP contribution in [-0.2, 0) is 0 Å². The van der Waals surface area contributed by atoms with Gasteiger partial charge in [0.15, 0.2) is 0 Å². The Balaban J connectivity index is 2.02. The topological polar surface area (TPSA) is 15.3 Å². The summed E-state index contributed by atoms with van der Waals surface area (Å²) in [6.45, 7) is 5.71. The predicted octanol–water partition coefficient (Wildman–Crippen LogP) is 3.46. The maximum absolute atomic E-state index is 3.52.